The number of thiazole rings is 1. The Bertz CT molecular complexity index is 876. The average molecular weight is 429 g/mol. The van der Waals surface area contributed by atoms with Crippen molar-refractivity contribution in [1.29, 1.82) is 0 Å². The molecule has 30 heavy (non-hydrogen) atoms. The van der Waals surface area contributed by atoms with Crippen LogP contribution >= 0.6 is 11.3 Å². The Morgan fingerprint density at radius 3 is 2.53 bits per heavy atom. The van der Waals surface area contributed by atoms with Crippen molar-refractivity contribution in [3.05, 3.63) is 47.0 Å². The van der Waals surface area contributed by atoms with Crippen molar-refractivity contribution < 1.29 is 14.4 Å². The molecule has 1 aliphatic rings. The summed E-state index contributed by atoms with van der Waals surface area (Å²) in [6.45, 7) is 6.07. The van der Waals surface area contributed by atoms with Crippen molar-refractivity contribution in [1.82, 2.24) is 14.8 Å². The number of nitrogens with one attached hydrogen (secondary N) is 1. The molecule has 0 spiro atoms. The minimum absolute atomic E-state index is 0.0481. The lowest BCUT2D eigenvalue weighted by molar-refractivity contribution is -0.129. The van der Waals surface area contributed by atoms with E-state index >= 15 is 0 Å². The van der Waals surface area contributed by atoms with Crippen LogP contribution < -0.4 is 5.32 Å². The van der Waals surface area contributed by atoms with Crippen LogP contribution in [0.2, 0.25) is 0 Å². The largest absolute Gasteiger partial charge is 0.342 e. The van der Waals surface area contributed by atoms with Crippen LogP contribution in [0.4, 0.5) is 5.13 Å². The van der Waals surface area contributed by atoms with Gasteiger partial charge in [-0.2, -0.15) is 0 Å². The second-order valence-electron chi connectivity index (χ2n) is 7.90. The highest BCUT2D eigenvalue weighted by Crippen LogP contribution is 2.18. The molecule has 7 nitrogen and oxygen atoms in total. The summed E-state index contributed by atoms with van der Waals surface area (Å²) in [7, 11) is 0. The molecular weight excluding hydrogens is 400 g/mol. The van der Waals surface area contributed by atoms with Crippen molar-refractivity contribution in [2.45, 2.75) is 33.1 Å². The maximum absolute atomic E-state index is 12.8. The van der Waals surface area contributed by atoms with Gasteiger partial charge in [0.15, 0.2) is 5.13 Å². The van der Waals surface area contributed by atoms with Gasteiger partial charge < -0.3 is 15.1 Å². The first kappa shape index (κ1) is 22.0. The number of aromatic nitrogens is 1. The number of carbonyl (C=O) groups excluding carboxylic acids is 3. The quantitative estimate of drug-likeness (QED) is 0.701. The zero-order valence-corrected chi connectivity index (χ0v) is 18.3. The van der Waals surface area contributed by atoms with Crippen molar-refractivity contribution in [2.24, 2.45) is 5.92 Å². The van der Waals surface area contributed by atoms with Gasteiger partial charge in [0, 0.05) is 30.6 Å². The number of rotatable bonds is 8. The van der Waals surface area contributed by atoms with Crippen LogP contribution in [0.15, 0.2) is 35.7 Å². The fraction of sp³-hybridized carbons (Fsp3) is 0.455. The van der Waals surface area contributed by atoms with E-state index in [1.807, 2.05) is 24.8 Å². The molecule has 2 aromatic rings. The van der Waals surface area contributed by atoms with E-state index < -0.39 is 0 Å². The van der Waals surface area contributed by atoms with Crippen LogP contribution in [0.1, 0.15) is 42.7 Å². The van der Waals surface area contributed by atoms with Crippen molar-refractivity contribution >= 4 is 34.2 Å². The molecule has 1 saturated heterocycles. The lowest BCUT2D eigenvalue weighted by Crippen LogP contribution is -2.40. The first-order valence-electron chi connectivity index (χ1n) is 10.3. The molecule has 1 N–H and O–H groups in total. The number of anilines is 1. The average Bonchev–Trinajstić information content (AvgIpc) is 3.39. The standard InChI is InChI=1S/C22H28N4O3S/c1-16(2)13-26(21(29)17-8-4-3-5-9-17)14-19(27)24-22-23-18(15-30-22)12-20(28)25-10-6-7-11-25/h3-5,8-9,15-16H,6-7,10-14H2,1-2H3,(H,23,24,27). The summed E-state index contributed by atoms with van der Waals surface area (Å²) in [5, 5.41) is 5.01. The van der Waals surface area contributed by atoms with Crippen molar-refractivity contribution in [2.75, 3.05) is 31.5 Å². The van der Waals surface area contributed by atoms with Gasteiger partial charge in [-0.05, 0) is 30.9 Å². The van der Waals surface area contributed by atoms with Crippen LogP contribution in [0.25, 0.3) is 0 Å². The topological polar surface area (TPSA) is 82.6 Å². The van der Waals surface area contributed by atoms with Gasteiger partial charge in [-0.15, -0.1) is 11.3 Å². The Morgan fingerprint density at radius 2 is 1.87 bits per heavy atom. The number of nitrogens with zero attached hydrogens (tertiary/aromatic N) is 3. The maximum atomic E-state index is 12.8. The van der Waals surface area contributed by atoms with Gasteiger partial charge in [0.1, 0.15) is 6.54 Å². The highest BCUT2D eigenvalue weighted by molar-refractivity contribution is 7.13. The van der Waals surface area contributed by atoms with E-state index in [-0.39, 0.29) is 36.6 Å². The minimum Gasteiger partial charge on any atom is -0.342 e. The number of hydrogen-bond donors (Lipinski definition) is 1. The number of benzene rings is 1. The summed E-state index contributed by atoms with van der Waals surface area (Å²) >= 11 is 1.29. The predicted molar refractivity (Wildman–Crippen MR) is 117 cm³/mol. The fourth-order valence-corrected chi connectivity index (χ4v) is 4.16. The number of hydrogen-bond acceptors (Lipinski definition) is 5. The van der Waals surface area contributed by atoms with E-state index in [2.05, 4.69) is 10.3 Å². The smallest absolute Gasteiger partial charge is 0.254 e. The lowest BCUT2D eigenvalue weighted by atomic mass is 10.1. The third-order valence-corrected chi connectivity index (χ3v) is 5.62. The SMILES string of the molecule is CC(C)CN(CC(=O)Nc1nc(CC(=O)N2CCCC2)cs1)C(=O)c1ccccc1. The summed E-state index contributed by atoms with van der Waals surface area (Å²) in [4.78, 5) is 45.4. The molecule has 2 heterocycles. The molecule has 1 fully saturated rings. The third kappa shape index (κ3) is 6.13. The normalized spacial score (nSPS) is 13.5. The van der Waals surface area contributed by atoms with E-state index in [9.17, 15) is 14.4 Å². The molecule has 0 aliphatic carbocycles. The van der Waals surface area contributed by atoms with Gasteiger partial charge in [-0.1, -0.05) is 32.0 Å². The lowest BCUT2D eigenvalue weighted by Gasteiger charge is -2.24. The van der Waals surface area contributed by atoms with E-state index in [0.29, 0.717) is 22.9 Å². The molecule has 1 aliphatic heterocycles. The molecule has 3 rings (SSSR count). The molecule has 3 amide bonds. The third-order valence-electron chi connectivity index (χ3n) is 4.82. The predicted octanol–water partition coefficient (Wildman–Crippen LogP) is 3.04. The summed E-state index contributed by atoms with van der Waals surface area (Å²) < 4.78 is 0. The molecule has 0 bridgehead atoms. The van der Waals surface area contributed by atoms with Crippen LogP contribution in [0.5, 0.6) is 0 Å². The van der Waals surface area contributed by atoms with Crippen LogP contribution in [-0.2, 0) is 16.0 Å². The van der Waals surface area contributed by atoms with Gasteiger partial charge in [0.2, 0.25) is 11.8 Å². The Hall–Kier alpha value is -2.74. The highest BCUT2D eigenvalue weighted by Gasteiger charge is 2.21. The zero-order chi connectivity index (χ0) is 21.5. The Morgan fingerprint density at radius 1 is 1.17 bits per heavy atom. The van der Waals surface area contributed by atoms with Gasteiger partial charge in [0.05, 0.1) is 12.1 Å². The van der Waals surface area contributed by atoms with E-state index in [1.165, 1.54) is 11.3 Å². The Balaban J connectivity index is 1.58. The van der Waals surface area contributed by atoms with Crippen LogP contribution in [0, 0.1) is 5.92 Å². The summed E-state index contributed by atoms with van der Waals surface area (Å²) in [6, 6.07) is 8.96. The van der Waals surface area contributed by atoms with Gasteiger partial charge >= 0.3 is 0 Å². The number of amides is 3. The molecule has 0 atom stereocenters. The first-order valence-corrected chi connectivity index (χ1v) is 11.2. The van der Waals surface area contributed by atoms with E-state index in [1.54, 1.807) is 34.5 Å². The molecule has 0 saturated carbocycles. The fourth-order valence-electron chi connectivity index (χ4n) is 3.43. The molecular formula is C22H28N4O3S. The van der Waals surface area contributed by atoms with Gasteiger partial charge in [0.25, 0.3) is 5.91 Å². The molecule has 0 unspecified atom stereocenters. The molecule has 0 radical (unpaired) electrons. The highest BCUT2D eigenvalue weighted by atomic mass is 32.1. The number of carbonyl (C=O) groups is 3. The van der Waals surface area contributed by atoms with Crippen molar-refractivity contribution in [3.8, 4) is 0 Å². The van der Waals surface area contributed by atoms with Crippen LogP contribution in [-0.4, -0.2) is 58.7 Å². The Labute approximate surface area is 181 Å². The molecule has 8 heteroatoms. The van der Waals surface area contributed by atoms with Crippen LogP contribution in [0.3, 0.4) is 0 Å². The maximum Gasteiger partial charge on any atom is 0.254 e. The van der Waals surface area contributed by atoms with Gasteiger partial charge in [-0.3, -0.25) is 14.4 Å². The molecule has 1 aromatic heterocycles. The van der Waals surface area contributed by atoms with E-state index in [4.69, 9.17) is 0 Å². The molecule has 160 valence electrons. The Kier molecular flexibility index (Phi) is 7.57. The zero-order valence-electron chi connectivity index (χ0n) is 17.5. The van der Waals surface area contributed by atoms with Crippen molar-refractivity contribution in [3.63, 3.8) is 0 Å². The second kappa shape index (κ2) is 10.3. The first-order chi connectivity index (χ1) is 14.4. The summed E-state index contributed by atoms with van der Waals surface area (Å²) in [5.74, 6) is -0.164. The number of likely N-dealkylation sites (tertiary alicyclic amines) is 1. The second-order valence-corrected chi connectivity index (χ2v) is 8.76. The monoisotopic (exact) mass is 428 g/mol. The molecule has 1 aromatic carbocycles. The summed E-state index contributed by atoms with van der Waals surface area (Å²) in [5.41, 5.74) is 1.22. The summed E-state index contributed by atoms with van der Waals surface area (Å²) in [6.07, 6.45) is 2.36. The minimum atomic E-state index is -0.299. The van der Waals surface area contributed by atoms with Gasteiger partial charge in [-0.25, -0.2) is 4.98 Å². The van der Waals surface area contributed by atoms with E-state index in [0.717, 1.165) is 25.9 Å².